The van der Waals surface area contributed by atoms with Gasteiger partial charge in [0.15, 0.2) is 5.82 Å². The number of rotatable bonds is 12. The molecule has 1 N–H and O–H groups in total. The number of nitrogens with zero attached hydrogens (tertiary/aromatic N) is 3. The standard InChI is InChI=1S/C31H35N3O3/c1-4-5-6-7-8-19-26(35)24-17-11-12-18-25(24)29-32-30(36-27-20-13-9-15-22(27)2)34-31(33-29)37-28-21-14-10-16-23(28)3/h9-18,20-21,26,35H,4-8,19H2,1-3H3. The molecule has 0 amide bonds. The van der Waals surface area contributed by atoms with E-state index in [1.807, 2.05) is 86.6 Å². The highest BCUT2D eigenvalue weighted by atomic mass is 16.5. The molecule has 0 aliphatic carbocycles. The first kappa shape index (κ1) is 26.3. The molecule has 0 radical (unpaired) electrons. The third kappa shape index (κ3) is 7.14. The summed E-state index contributed by atoms with van der Waals surface area (Å²) in [6.07, 6.45) is 5.77. The number of aliphatic hydroxyl groups is 1. The molecule has 1 atom stereocenters. The molecule has 0 aliphatic rings. The van der Waals surface area contributed by atoms with Gasteiger partial charge in [0.1, 0.15) is 11.5 Å². The Bertz CT molecular complexity index is 1240. The fourth-order valence-corrected chi connectivity index (χ4v) is 4.18. The van der Waals surface area contributed by atoms with Crippen LogP contribution < -0.4 is 9.47 Å². The van der Waals surface area contributed by atoms with Gasteiger partial charge in [-0.3, -0.25) is 0 Å². The number of para-hydroxylation sites is 2. The molecule has 6 nitrogen and oxygen atoms in total. The van der Waals surface area contributed by atoms with Crippen molar-refractivity contribution in [2.45, 2.75) is 65.4 Å². The molecule has 37 heavy (non-hydrogen) atoms. The molecule has 1 unspecified atom stereocenters. The molecule has 0 aliphatic heterocycles. The lowest BCUT2D eigenvalue weighted by molar-refractivity contribution is 0.164. The van der Waals surface area contributed by atoms with E-state index in [1.165, 1.54) is 19.3 Å². The predicted octanol–water partition coefficient (Wildman–Crippen LogP) is 8.13. The van der Waals surface area contributed by atoms with Crippen LogP contribution in [0.5, 0.6) is 23.5 Å². The maximum Gasteiger partial charge on any atom is 0.328 e. The van der Waals surface area contributed by atoms with Crippen molar-refractivity contribution in [2.75, 3.05) is 0 Å². The third-order valence-corrected chi connectivity index (χ3v) is 6.33. The molecule has 6 heteroatoms. The van der Waals surface area contributed by atoms with Gasteiger partial charge >= 0.3 is 12.0 Å². The fourth-order valence-electron chi connectivity index (χ4n) is 4.18. The number of hydrogen-bond acceptors (Lipinski definition) is 6. The highest BCUT2D eigenvalue weighted by Gasteiger charge is 2.19. The second-order valence-electron chi connectivity index (χ2n) is 9.27. The summed E-state index contributed by atoms with van der Waals surface area (Å²) in [5, 5.41) is 11.1. The number of unbranched alkanes of at least 4 members (excludes halogenated alkanes) is 4. The van der Waals surface area contributed by atoms with Crippen molar-refractivity contribution >= 4 is 0 Å². The minimum absolute atomic E-state index is 0.131. The van der Waals surface area contributed by atoms with E-state index in [0.717, 1.165) is 35.1 Å². The Labute approximate surface area is 219 Å². The van der Waals surface area contributed by atoms with E-state index in [9.17, 15) is 5.11 Å². The van der Waals surface area contributed by atoms with Gasteiger partial charge in [0.05, 0.1) is 6.10 Å². The van der Waals surface area contributed by atoms with Crippen molar-refractivity contribution < 1.29 is 14.6 Å². The Hall–Kier alpha value is -3.77. The highest BCUT2D eigenvalue weighted by molar-refractivity contribution is 5.61. The Morgan fingerprint density at radius 1 is 0.676 bits per heavy atom. The van der Waals surface area contributed by atoms with Gasteiger partial charge in [-0.25, -0.2) is 0 Å². The first-order chi connectivity index (χ1) is 18.0. The predicted molar refractivity (Wildman–Crippen MR) is 146 cm³/mol. The van der Waals surface area contributed by atoms with Crippen LogP contribution in [-0.4, -0.2) is 20.1 Å². The summed E-state index contributed by atoms with van der Waals surface area (Å²) >= 11 is 0. The van der Waals surface area contributed by atoms with Crippen LogP contribution in [0.4, 0.5) is 0 Å². The van der Waals surface area contributed by atoms with Crippen molar-refractivity contribution in [3.05, 3.63) is 89.5 Å². The first-order valence-corrected chi connectivity index (χ1v) is 13.1. The van der Waals surface area contributed by atoms with E-state index in [-0.39, 0.29) is 12.0 Å². The summed E-state index contributed by atoms with van der Waals surface area (Å²) < 4.78 is 12.2. The minimum Gasteiger partial charge on any atom is -0.424 e. The number of benzene rings is 3. The molecular formula is C31H35N3O3. The van der Waals surface area contributed by atoms with Gasteiger partial charge in [-0.1, -0.05) is 99.7 Å². The van der Waals surface area contributed by atoms with E-state index in [2.05, 4.69) is 21.9 Å². The zero-order chi connectivity index (χ0) is 26.0. The smallest absolute Gasteiger partial charge is 0.328 e. The zero-order valence-electron chi connectivity index (χ0n) is 21.9. The summed E-state index contributed by atoms with van der Waals surface area (Å²) in [5.41, 5.74) is 3.44. The summed E-state index contributed by atoms with van der Waals surface area (Å²) in [6.45, 7) is 6.14. The molecule has 3 aromatic carbocycles. The van der Waals surface area contributed by atoms with Gasteiger partial charge in [0.2, 0.25) is 0 Å². The SMILES string of the molecule is CCCCCCCC(O)c1ccccc1-c1nc(Oc2ccccc2C)nc(Oc2ccccc2C)n1. The van der Waals surface area contributed by atoms with Crippen molar-refractivity contribution in [1.82, 2.24) is 15.0 Å². The van der Waals surface area contributed by atoms with Gasteiger partial charge < -0.3 is 14.6 Å². The molecule has 1 aromatic heterocycles. The third-order valence-electron chi connectivity index (χ3n) is 6.33. The molecule has 0 saturated carbocycles. The maximum atomic E-state index is 11.1. The molecule has 0 fully saturated rings. The van der Waals surface area contributed by atoms with Crippen LogP contribution >= 0.6 is 0 Å². The Balaban J connectivity index is 1.68. The number of aliphatic hydroxyl groups excluding tert-OH is 1. The fraction of sp³-hybridized carbons (Fsp3) is 0.323. The van der Waals surface area contributed by atoms with Gasteiger partial charge in [-0.05, 0) is 49.1 Å². The molecule has 0 bridgehead atoms. The molecule has 4 rings (SSSR count). The largest absolute Gasteiger partial charge is 0.424 e. The van der Waals surface area contributed by atoms with Crippen molar-refractivity contribution in [3.63, 3.8) is 0 Å². The second kappa shape index (κ2) is 13.0. The normalized spacial score (nSPS) is 11.8. The van der Waals surface area contributed by atoms with Crippen molar-refractivity contribution in [1.29, 1.82) is 0 Å². The van der Waals surface area contributed by atoms with Crippen LogP contribution in [0.3, 0.4) is 0 Å². The van der Waals surface area contributed by atoms with Gasteiger partial charge in [-0.2, -0.15) is 9.97 Å². The summed E-state index contributed by atoms with van der Waals surface area (Å²) in [7, 11) is 0. The van der Waals surface area contributed by atoms with E-state index in [4.69, 9.17) is 9.47 Å². The van der Waals surface area contributed by atoms with Crippen LogP contribution in [0.25, 0.3) is 11.4 Å². The maximum absolute atomic E-state index is 11.1. The Kier molecular flexibility index (Phi) is 9.22. The van der Waals surface area contributed by atoms with Gasteiger partial charge in [0.25, 0.3) is 0 Å². The van der Waals surface area contributed by atoms with E-state index in [0.29, 0.717) is 23.7 Å². The first-order valence-electron chi connectivity index (χ1n) is 13.1. The molecule has 192 valence electrons. The van der Waals surface area contributed by atoms with Gasteiger partial charge in [-0.15, -0.1) is 4.98 Å². The Morgan fingerprint density at radius 2 is 1.22 bits per heavy atom. The number of ether oxygens (including phenoxy) is 2. The zero-order valence-corrected chi connectivity index (χ0v) is 21.9. The van der Waals surface area contributed by atoms with Gasteiger partial charge in [0, 0.05) is 5.56 Å². The van der Waals surface area contributed by atoms with E-state index in [1.54, 1.807) is 0 Å². The van der Waals surface area contributed by atoms with Crippen LogP contribution in [0.1, 0.15) is 68.2 Å². The number of aromatic nitrogens is 3. The average Bonchev–Trinajstić information content (AvgIpc) is 2.91. The summed E-state index contributed by atoms with van der Waals surface area (Å²) in [6, 6.07) is 23.3. The van der Waals surface area contributed by atoms with Crippen molar-refractivity contribution in [3.8, 4) is 34.9 Å². The molecular weight excluding hydrogens is 462 g/mol. The summed E-state index contributed by atoms with van der Waals surface area (Å²) in [4.78, 5) is 13.7. The number of aryl methyl sites for hydroxylation is 2. The molecule has 4 aromatic rings. The van der Waals surface area contributed by atoms with Crippen molar-refractivity contribution in [2.24, 2.45) is 0 Å². The lowest BCUT2D eigenvalue weighted by Crippen LogP contribution is -2.05. The molecule has 1 heterocycles. The lowest BCUT2D eigenvalue weighted by Gasteiger charge is -2.16. The average molecular weight is 498 g/mol. The van der Waals surface area contributed by atoms with Crippen LogP contribution in [-0.2, 0) is 0 Å². The van der Waals surface area contributed by atoms with E-state index < -0.39 is 6.10 Å². The number of hydrogen-bond donors (Lipinski definition) is 1. The highest BCUT2D eigenvalue weighted by Crippen LogP contribution is 2.33. The topological polar surface area (TPSA) is 77.4 Å². The summed E-state index contributed by atoms with van der Waals surface area (Å²) in [5.74, 6) is 1.70. The van der Waals surface area contributed by atoms with Crippen LogP contribution in [0, 0.1) is 13.8 Å². The quantitative estimate of drug-likeness (QED) is 0.199. The minimum atomic E-state index is -0.615. The lowest BCUT2D eigenvalue weighted by atomic mass is 9.97. The monoisotopic (exact) mass is 497 g/mol. The van der Waals surface area contributed by atoms with Crippen LogP contribution in [0.15, 0.2) is 72.8 Å². The second-order valence-corrected chi connectivity index (χ2v) is 9.27. The van der Waals surface area contributed by atoms with E-state index >= 15 is 0 Å². The van der Waals surface area contributed by atoms with Crippen LogP contribution in [0.2, 0.25) is 0 Å². The Morgan fingerprint density at radius 3 is 1.81 bits per heavy atom. The molecule has 0 saturated heterocycles. The molecule has 0 spiro atoms.